The summed E-state index contributed by atoms with van der Waals surface area (Å²) in [5.41, 5.74) is 0. The normalized spacial score (nSPS) is 17.9. The van der Waals surface area contributed by atoms with E-state index in [4.69, 9.17) is 33.9 Å². The number of aliphatic hydroxyl groups excluding tert-OH is 3. The van der Waals surface area contributed by atoms with E-state index in [0.717, 1.165) is 32.1 Å². The Kier molecular flexibility index (Phi) is 35.5. The number of unbranched alkanes of at least 4 members (excludes halogenated alkanes) is 5. The summed E-state index contributed by atoms with van der Waals surface area (Å²) in [7, 11) is 0. The van der Waals surface area contributed by atoms with Crippen molar-refractivity contribution in [2.45, 2.75) is 121 Å². The lowest BCUT2D eigenvalue weighted by atomic mass is 10.0. The van der Waals surface area contributed by atoms with Crippen LogP contribution in [0.2, 0.25) is 0 Å². The van der Waals surface area contributed by atoms with Gasteiger partial charge in [-0.05, 0) is 13.3 Å². The molecule has 71 heavy (non-hydrogen) atoms. The van der Waals surface area contributed by atoms with Gasteiger partial charge in [-0.15, -0.1) is 0 Å². The number of hydrogen-bond acceptors (Lipinski definition) is 18. The van der Waals surface area contributed by atoms with Gasteiger partial charge in [0.05, 0.1) is 91.2 Å². The molecule has 12 N–H and O–H groups in total. The Hall–Kier alpha value is -5.13. The average Bonchev–Trinajstić information content (AvgIpc) is 3.31. The largest absolute Gasteiger partial charge is 0.481 e. The molecule has 1 aliphatic rings. The summed E-state index contributed by atoms with van der Waals surface area (Å²) in [4.78, 5) is 112. The van der Waals surface area contributed by atoms with E-state index in [2.05, 4.69) is 44.1 Å². The van der Waals surface area contributed by atoms with Gasteiger partial charge in [0.15, 0.2) is 6.29 Å². The monoisotopic (exact) mass is 1020 g/mol. The van der Waals surface area contributed by atoms with Crippen LogP contribution >= 0.6 is 0 Å². The zero-order chi connectivity index (χ0) is 52.8. The van der Waals surface area contributed by atoms with Gasteiger partial charge in [0.1, 0.15) is 24.4 Å². The lowest BCUT2D eigenvalue weighted by molar-refractivity contribution is -0.294. The quantitative estimate of drug-likeness (QED) is 0.0258. The molecule has 0 spiro atoms. The molecule has 1 aliphatic heterocycles. The minimum Gasteiger partial charge on any atom is -0.481 e. The predicted molar refractivity (Wildman–Crippen MR) is 249 cm³/mol. The highest BCUT2D eigenvalue weighted by atomic mass is 16.7. The summed E-state index contributed by atoms with van der Waals surface area (Å²) < 4.78 is 27.0. The van der Waals surface area contributed by atoms with Crippen LogP contribution in [0.25, 0.3) is 0 Å². The molecule has 0 aromatic rings. The van der Waals surface area contributed by atoms with Crippen molar-refractivity contribution in [3.05, 3.63) is 0 Å². The van der Waals surface area contributed by atoms with Crippen LogP contribution in [0, 0.1) is 0 Å². The molecule has 1 fully saturated rings. The first-order chi connectivity index (χ1) is 33.9. The van der Waals surface area contributed by atoms with Crippen LogP contribution in [-0.4, -0.2) is 226 Å². The van der Waals surface area contributed by atoms with Crippen molar-refractivity contribution in [3.8, 4) is 0 Å². The third kappa shape index (κ3) is 33.2. The number of carbonyl (C=O) groups is 9. The van der Waals surface area contributed by atoms with Crippen molar-refractivity contribution in [2.75, 3.05) is 105 Å². The fraction of sp³-hybridized carbons (Fsp3) is 0.795. The lowest BCUT2D eigenvalue weighted by Gasteiger charge is -2.38. The first-order valence-electron chi connectivity index (χ1n) is 24.0. The summed E-state index contributed by atoms with van der Waals surface area (Å²) in [6, 6.07) is -1.35. The second-order valence-electron chi connectivity index (χ2n) is 16.5. The van der Waals surface area contributed by atoms with Crippen molar-refractivity contribution in [2.24, 2.45) is 0 Å². The molecule has 1 saturated heterocycles. The zero-order valence-electron chi connectivity index (χ0n) is 41.0. The van der Waals surface area contributed by atoms with E-state index in [1.807, 2.05) is 0 Å². The highest BCUT2D eigenvalue weighted by Gasteiger charge is 2.42. The van der Waals surface area contributed by atoms with Crippen LogP contribution in [0.1, 0.15) is 84.5 Å². The number of amides is 7. The zero-order valence-corrected chi connectivity index (χ0v) is 41.0. The predicted octanol–water partition coefficient (Wildman–Crippen LogP) is -4.16. The molecule has 6 atom stereocenters. The van der Waals surface area contributed by atoms with Gasteiger partial charge < -0.3 is 86.4 Å². The Bertz CT molecular complexity index is 1560. The van der Waals surface area contributed by atoms with E-state index in [1.54, 1.807) is 0 Å². The van der Waals surface area contributed by atoms with Gasteiger partial charge in [0.25, 0.3) is 0 Å². The smallest absolute Gasteiger partial charge is 0.303 e. The highest BCUT2D eigenvalue weighted by molar-refractivity contribution is 5.93. The molecule has 1 heterocycles. The molecule has 27 heteroatoms. The van der Waals surface area contributed by atoms with E-state index < -0.39 is 116 Å². The molecule has 0 radical (unpaired) electrons. The molecule has 27 nitrogen and oxygen atoms in total. The minimum absolute atomic E-state index is 0.00772. The molecule has 0 bridgehead atoms. The number of carboxylic acid groups (broad SMARTS) is 2. The minimum atomic E-state index is -1.48. The van der Waals surface area contributed by atoms with E-state index in [1.165, 1.54) is 11.8 Å². The maximum absolute atomic E-state index is 13.5. The molecule has 408 valence electrons. The number of ether oxygens (including phenoxy) is 5. The first kappa shape index (κ1) is 63.9. The van der Waals surface area contributed by atoms with Crippen LogP contribution in [0.15, 0.2) is 0 Å². The fourth-order valence-electron chi connectivity index (χ4n) is 6.45. The van der Waals surface area contributed by atoms with Crippen molar-refractivity contribution < 1.29 is 92.4 Å². The number of nitrogens with one attached hydrogen (secondary N) is 7. The molecular weight excluding hydrogens is 945 g/mol. The van der Waals surface area contributed by atoms with Crippen LogP contribution < -0.4 is 37.2 Å². The molecule has 0 saturated carbocycles. The van der Waals surface area contributed by atoms with Crippen molar-refractivity contribution in [1.82, 2.24) is 42.1 Å². The van der Waals surface area contributed by atoms with Crippen molar-refractivity contribution in [3.63, 3.8) is 0 Å². The Labute approximate surface area is 413 Å². The maximum Gasteiger partial charge on any atom is 0.303 e. The number of rotatable bonds is 42. The topological polar surface area (TPSA) is 388 Å². The molecule has 0 aromatic heterocycles. The molecule has 1 rings (SSSR count). The molecule has 0 aliphatic carbocycles. The van der Waals surface area contributed by atoms with E-state index in [-0.39, 0.29) is 105 Å². The van der Waals surface area contributed by atoms with Gasteiger partial charge in [0.2, 0.25) is 41.4 Å². The maximum atomic E-state index is 13.5. The highest BCUT2D eigenvalue weighted by Crippen LogP contribution is 2.21. The third-order valence-corrected chi connectivity index (χ3v) is 10.3. The summed E-state index contributed by atoms with van der Waals surface area (Å²) in [5.74, 6) is -6.34. The summed E-state index contributed by atoms with van der Waals surface area (Å²) in [6.07, 6.45) is -1.92. The second kappa shape index (κ2) is 39.5. The summed E-state index contributed by atoms with van der Waals surface area (Å²) >= 11 is 0. The van der Waals surface area contributed by atoms with Crippen molar-refractivity contribution in [1.29, 1.82) is 0 Å². The summed E-state index contributed by atoms with van der Waals surface area (Å²) in [5, 5.41) is 65.4. The van der Waals surface area contributed by atoms with Crippen LogP contribution in [0.4, 0.5) is 0 Å². The fourth-order valence-corrected chi connectivity index (χ4v) is 6.45. The Morgan fingerprint density at radius 2 is 0.958 bits per heavy atom. The molecule has 7 amide bonds. The number of nitrogens with zero attached hydrogens (tertiary/aromatic N) is 1. The van der Waals surface area contributed by atoms with Crippen LogP contribution in [-0.2, 0) is 66.8 Å². The van der Waals surface area contributed by atoms with Gasteiger partial charge in [-0.1, -0.05) is 39.0 Å². The van der Waals surface area contributed by atoms with Gasteiger partial charge >= 0.3 is 11.9 Å². The standard InChI is InChI=1S/C44H78N8O19/c1-3-4-5-6-7-8-13-50-43(66)31(26-34(55)47-16-23-69-24-25-70-44-42(65)41(64)40(63)30(2)71-44)51-37(58)29-52(27-35(56)48-17-21-67-19-14-45-32(53)9-11-38(59)60)28-36(57)49-18-22-68-20-15-46-33(54)10-12-39(61)62/h30-31,40-42,44,63-65H,3-29H2,1-2H3,(H,45,53)(H,46,54)(H,47,55)(H,48,56)(H,49,57)(H,50,66)(H,51,58)(H,59,60)(H,61,62)/t30-,31-,40-,41+,42+,44+/m0/s1. The van der Waals surface area contributed by atoms with Gasteiger partial charge in [-0.25, -0.2) is 0 Å². The summed E-state index contributed by atoms with van der Waals surface area (Å²) in [6.45, 7) is 2.86. The number of carbonyl (C=O) groups excluding carboxylic acids is 7. The van der Waals surface area contributed by atoms with Crippen LogP contribution in [0.5, 0.6) is 0 Å². The Morgan fingerprint density at radius 3 is 1.46 bits per heavy atom. The third-order valence-electron chi connectivity index (χ3n) is 10.3. The molecule has 0 unspecified atom stereocenters. The number of aliphatic carboxylic acids is 2. The van der Waals surface area contributed by atoms with Crippen LogP contribution in [0.3, 0.4) is 0 Å². The number of carboxylic acids is 2. The molecule has 0 aromatic carbocycles. The molecular formula is C44H78N8O19. The first-order valence-corrected chi connectivity index (χ1v) is 24.0. The average molecular weight is 1020 g/mol. The Morgan fingerprint density at radius 1 is 0.507 bits per heavy atom. The number of hydrogen-bond donors (Lipinski definition) is 12. The Balaban J connectivity index is 2.84. The second-order valence-corrected chi connectivity index (χ2v) is 16.5. The van der Waals surface area contributed by atoms with E-state index in [0.29, 0.717) is 13.0 Å². The van der Waals surface area contributed by atoms with Gasteiger partial charge in [-0.2, -0.15) is 0 Å². The lowest BCUT2D eigenvalue weighted by Crippen LogP contribution is -2.57. The van der Waals surface area contributed by atoms with E-state index >= 15 is 0 Å². The van der Waals surface area contributed by atoms with Gasteiger partial charge in [-0.3, -0.25) is 48.1 Å². The van der Waals surface area contributed by atoms with Crippen molar-refractivity contribution >= 4 is 53.3 Å². The van der Waals surface area contributed by atoms with E-state index in [9.17, 15) is 58.5 Å². The van der Waals surface area contributed by atoms with Gasteiger partial charge in [0, 0.05) is 52.1 Å². The SMILES string of the molecule is CCCCCCCCNC(=O)[C@H](CC(=O)NCCOCCO[C@@H]1O[C@@H](C)[C@H](O)[C@@H](O)[C@H]1O)NC(=O)CN(CC(=O)NCCOCCNC(=O)CCC(=O)O)CC(=O)NCCOCCNC(=O)CCC(=O)O. The number of aliphatic hydroxyl groups is 3.